The lowest BCUT2D eigenvalue weighted by atomic mass is 10.0. The molecule has 1 unspecified atom stereocenters. The summed E-state index contributed by atoms with van der Waals surface area (Å²) in [5.74, 6) is 0.640. The number of rotatable bonds is 7. The first-order valence-corrected chi connectivity index (χ1v) is 9.18. The molecular weight excluding hydrogens is 373 g/mol. The molecule has 0 aliphatic carbocycles. The van der Waals surface area contributed by atoms with Gasteiger partial charge in [-0.05, 0) is 51.4 Å². The maximum atomic E-state index is 13.1. The van der Waals surface area contributed by atoms with Crippen molar-refractivity contribution < 1.29 is 13.9 Å². The summed E-state index contributed by atoms with van der Waals surface area (Å²) in [6.45, 7) is 2.10. The number of aromatic nitrogens is 3. The Hall–Kier alpha value is -3.26. The van der Waals surface area contributed by atoms with E-state index in [0.29, 0.717) is 18.1 Å². The summed E-state index contributed by atoms with van der Waals surface area (Å²) < 4.78 is 20.1. The van der Waals surface area contributed by atoms with Crippen molar-refractivity contribution in [3.63, 3.8) is 0 Å². The molecule has 0 fully saturated rings. The summed E-state index contributed by atoms with van der Waals surface area (Å²) in [5, 5.41) is 7.17. The zero-order valence-corrected chi connectivity index (χ0v) is 16.9. The Balaban J connectivity index is 1.76. The number of benzene rings is 2. The molecule has 29 heavy (non-hydrogen) atoms. The molecule has 0 spiro atoms. The van der Waals surface area contributed by atoms with Crippen molar-refractivity contribution in [3.8, 4) is 11.4 Å². The number of halogens is 1. The first-order chi connectivity index (χ1) is 13.9. The van der Waals surface area contributed by atoms with Crippen molar-refractivity contribution in [2.75, 3.05) is 27.7 Å². The van der Waals surface area contributed by atoms with Crippen LogP contribution >= 0.6 is 0 Å². The van der Waals surface area contributed by atoms with Gasteiger partial charge in [-0.2, -0.15) is 0 Å². The first kappa shape index (κ1) is 20.5. The smallest absolute Gasteiger partial charge is 0.291 e. The lowest BCUT2D eigenvalue weighted by Crippen LogP contribution is -2.35. The number of hydrogen-bond donors (Lipinski definition) is 1. The van der Waals surface area contributed by atoms with E-state index in [1.165, 1.54) is 16.8 Å². The summed E-state index contributed by atoms with van der Waals surface area (Å²) in [5.41, 5.74) is 1.61. The van der Waals surface area contributed by atoms with Crippen LogP contribution in [0.4, 0.5) is 4.39 Å². The van der Waals surface area contributed by atoms with Crippen LogP contribution in [0.1, 0.15) is 28.0 Å². The second-order valence-electron chi connectivity index (χ2n) is 6.80. The van der Waals surface area contributed by atoms with Gasteiger partial charge in [0.15, 0.2) is 0 Å². The zero-order chi connectivity index (χ0) is 21.0. The zero-order valence-electron chi connectivity index (χ0n) is 16.9. The number of likely N-dealkylation sites (N-methyl/N-ethyl adjacent to an activating group) is 1. The quantitative estimate of drug-likeness (QED) is 0.664. The highest BCUT2D eigenvalue weighted by Gasteiger charge is 2.21. The number of carbonyl (C=O) groups excluding carboxylic acids is 1. The summed E-state index contributed by atoms with van der Waals surface area (Å²) in [6, 6.07) is 13.5. The van der Waals surface area contributed by atoms with Crippen LogP contribution in [0.15, 0.2) is 48.5 Å². The molecule has 152 valence electrons. The highest BCUT2D eigenvalue weighted by molar-refractivity contribution is 5.90. The average molecular weight is 397 g/mol. The molecule has 3 aromatic rings. The minimum absolute atomic E-state index is 0.0596. The lowest BCUT2D eigenvalue weighted by Gasteiger charge is -2.26. The molecule has 7 nitrogen and oxygen atoms in total. The highest BCUT2D eigenvalue weighted by Crippen LogP contribution is 2.27. The van der Waals surface area contributed by atoms with Crippen LogP contribution in [-0.4, -0.2) is 53.3 Å². The van der Waals surface area contributed by atoms with Crippen LogP contribution in [0.25, 0.3) is 5.69 Å². The summed E-state index contributed by atoms with van der Waals surface area (Å²) in [7, 11) is 5.50. The van der Waals surface area contributed by atoms with E-state index in [4.69, 9.17) is 4.74 Å². The lowest BCUT2D eigenvalue weighted by molar-refractivity contribution is 0.0931. The molecule has 2 aromatic carbocycles. The van der Waals surface area contributed by atoms with E-state index in [-0.39, 0.29) is 23.6 Å². The average Bonchev–Trinajstić information content (AvgIpc) is 3.10. The molecule has 0 radical (unpaired) electrons. The second-order valence-corrected chi connectivity index (χ2v) is 6.80. The van der Waals surface area contributed by atoms with Crippen LogP contribution in [0.2, 0.25) is 0 Å². The van der Waals surface area contributed by atoms with E-state index in [1.807, 2.05) is 43.3 Å². The van der Waals surface area contributed by atoms with Crippen molar-refractivity contribution in [2.45, 2.75) is 13.0 Å². The summed E-state index contributed by atoms with van der Waals surface area (Å²) in [4.78, 5) is 18.9. The van der Waals surface area contributed by atoms with Crippen molar-refractivity contribution in [3.05, 3.63) is 71.6 Å². The second kappa shape index (κ2) is 8.83. The van der Waals surface area contributed by atoms with Gasteiger partial charge in [0, 0.05) is 12.1 Å². The van der Waals surface area contributed by atoms with E-state index in [0.717, 1.165) is 11.3 Å². The third kappa shape index (κ3) is 4.60. The van der Waals surface area contributed by atoms with Gasteiger partial charge in [0.05, 0.1) is 18.8 Å². The van der Waals surface area contributed by atoms with Crippen LogP contribution in [-0.2, 0) is 0 Å². The number of para-hydroxylation sites is 1. The van der Waals surface area contributed by atoms with E-state index < -0.39 is 0 Å². The predicted molar refractivity (Wildman–Crippen MR) is 108 cm³/mol. The Kier molecular flexibility index (Phi) is 6.23. The SMILES string of the molecule is COc1ccccc1C(CNC(=O)c1nc(C)n(-c2ccc(F)cc2)n1)N(C)C. The Morgan fingerprint density at radius 1 is 1.21 bits per heavy atom. The number of nitrogens with one attached hydrogen (secondary N) is 1. The van der Waals surface area contributed by atoms with E-state index in [2.05, 4.69) is 15.4 Å². The van der Waals surface area contributed by atoms with Crippen LogP contribution < -0.4 is 10.1 Å². The standard InChI is InChI=1S/C21H24FN5O2/c1-14-24-20(25-27(14)16-11-9-15(22)10-12-16)21(28)23-13-18(26(2)3)17-7-5-6-8-19(17)29-4/h5-12,18H,13H2,1-4H3,(H,23,28). The van der Waals surface area contributed by atoms with Gasteiger partial charge >= 0.3 is 0 Å². The molecule has 1 N–H and O–H groups in total. The number of ether oxygens (including phenoxy) is 1. The Morgan fingerprint density at radius 3 is 2.55 bits per heavy atom. The maximum absolute atomic E-state index is 13.1. The molecule has 8 heteroatoms. The molecule has 0 aliphatic heterocycles. The third-order valence-electron chi connectivity index (χ3n) is 4.62. The number of aryl methyl sites for hydroxylation is 1. The molecule has 0 saturated heterocycles. The molecule has 1 amide bonds. The monoisotopic (exact) mass is 397 g/mol. The molecular formula is C21H24FN5O2. The largest absolute Gasteiger partial charge is 0.496 e. The van der Waals surface area contributed by atoms with Gasteiger partial charge in [-0.3, -0.25) is 4.79 Å². The normalized spacial score (nSPS) is 12.1. The van der Waals surface area contributed by atoms with Crippen molar-refractivity contribution in [2.24, 2.45) is 0 Å². The number of hydrogen-bond acceptors (Lipinski definition) is 5. The van der Waals surface area contributed by atoms with Gasteiger partial charge in [0.1, 0.15) is 17.4 Å². The van der Waals surface area contributed by atoms with Gasteiger partial charge in [-0.1, -0.05) is 18.2 Å². The van der Waals surface area contributed by atoms with Crippen molar-refractivity contribution in [1.29, 1.82) is 0 Å². The van der Waals surface area contributed by atoms with Crippen molar-refractivity contribution >= 4 is 5.91 Å². The van der Waals surface area contributed by atoms with E-state index >= 15 is 0 Å². The summed E-state index contributed by atoms with van der Waals surface area (Å²) in [6.07, 6.45) is 0. The highest BCUT2D eigenvalue weighted by atomic mass is 19.1. The number of nitrogens with zero attached hydrogens (tertiary/aromatic N) is 4. The third-order valence-corrected chi connectivity index (χ3v) is 4.62. The van der Waals surface area contributed by atoms with Crippen LogP contribution in [0.3, 0.4) is 0 Å². The molecule has 0 bridgehead atoms. The van der Waals surface area contributed by atoms with E-state index in [1.54, 1.807) is 26.2 Å². The number of methoxy groups -OCH3 is 1. The topological polar surface area (TPSA) is 72.3 Å². The first-order valence-electron chi connectivity index (χ1n) is 9.18. The van der Waals surface area contributed by atoms with E-state index in [9.17, 15) is 9.18 Å². The Labute approximate surface area is 169 Å². The molecule has 0 aliphatic rings. The van der Waals surface area contributed by atoms with Crippen molar-refractivity contribution in [1.82, 2.24) is 25.0 Å². The number of amides is 1. The minimum atomic E-state index is -0.379. The minimum Gasteiger partial charge on any atom is -0.496 e. The maximum Gasteiger partial charge on any atom is 0.291 e. The fourth-order valence-electron chi connectivity index (χ4n) is 3.09. The molecule has 1 atom stereocenters. The molecule has 1 aromatic heterocycles. The van der Waals surface area contributed by atoms with Gasteiger partial charge < -0.3 is 15.0 Å². The Bertz CT molecular complexity index is 985. The predicted octanol–water partition coefficient (Wildman–Crippen LogP) is 2.76. The Morgan fingerprint density at radius 2 is 1.90 bits per heavy atom. The van der Waals surface area contributed by atoms with Crippen LogP contribution in [0, 0.1) is 12.7 Å². The van der Waals surface area contributed by atoms with Crippen LogP contribution in [0.5, 0.6) is 5.75 Å². The van der Waals surface area contributed by atoms with Gasteiger partial charge in [0.25, 0.3) is 5.91 Å². The summed E-state index contributed by atoms with van der Waals surface area (Å²) >= 11 is 0. The molecule has 1 heterocycles. The number of carbonyl (C=O) groups is 1. The van der Waals surface area contributed by atoms with Gasteiger partial charge in [0.2, 0.25) is 5.82 Å². The fourth-order valence-corrected chi connectivity index (χ4v) is 3.09. The van der Waals surface area contributed by atoms with Gasteiger partial charge in [-0.25, -0.2) is 14.1 Å². The molecule has 0 saturated carbocycles. The fraction of sp³-hybridized carbons (Fsp3) is 0.286. The molecule has 3 rings (SSSR count). The van der Waals surface area contributed by atoms with Gasteiger partial charge in [-0.15, -0.1) is 5.10 Å².